The van der Waals surface area contributed by atoms with Crippen molar-refractivity contribution in [1.29, 1.82) is 0 Å². The minimum absolute atomic E-state index is 0.525. The molecule has 6 heteroatoms. The number of hydrogen-bond acceptors (Lipinski definition) is 3. The highest BCUT2D eigenvalue weighted by atomic mass is 15.2. The standard InChI is InChI=1S/C69H44N6/c1-4-21-45(22-5-1)47-39-41-49(42-40-47)67-70-68(51-28-20-27-50(43-51)46-23-6-2-7-24-46)72-69(71-67)75-61-37-18-13-32-55(61)57-44-63(73-59-35-16-11-30-53(59)54-31-12-17-36-60(54)73)64-56-33-14-19-38-62(56)74(66(64)65(57)75)58-34-15-10-29-52(58)48-25-8-3-9-26-48/h1-44H. The molecule has 15 rings (SSSR count). The predicted molar refractivity (Wildman–Crippen MR) is 310 cm³/mol. The number of aromatic nitrogens is 6. The third kappa shape index (κ3) is 6.84. The Morgan fingerprint density at radius 1 is 0.240 bits per heavy atom. The number of hydrogen-bond donors (Lipinski definition) is 0. The lowest BCUT2D eigenvalue weighted by Crippen LogP contribution is -2.08. The molecule has 75 heavy (non-hydrogen) atoms. The number of rotatable bonds is 8. The summed E-state index contributed by atoms with van der Waals surface area (Å²) in [5.41, 5.74) is 17.1. The van der Waals surface area contributed by atoms with Crippen LogP contribution in [0.3, 0.4) is 0 Å². The fraction of sp³-hybridized carbons (Fsp3) is 0. The van der Waals surface area contributed by atoms with E-state index in [0.29, 0.717) is 17.6 Å². The molecule has 4 heterocycles. The Morgan fingerprint density at radius 2 is 0.680 bits per heavy atom. The van der Waals surface area contributed by atoms with Crippen molar-refractivity contribution in [3.63, 3.8) is 0 Å². The van der Waals surface area contributed by atoms with Gasteiger partial charge in [0.1, 0.15) is 0 Å². The Bertz CT molecular complexity index is 4630. The summed E-state index contributed by atoms with van der Waals surface area (Å²) < 4.78 is 7.28. The molecule has 0 bridgehead atoms. The van der Waals surface area contributed by atoms with Crippen LogP contribution in [0.2, 0.25) is 0 Å². The smallest absolute Gasteiger partial charge is 0.238 e. The molecule has 0 fully saturated rings. The third-order valence-corrected chi connectivity index (χ3v) is 14.9. The van der Waals surface area contributed by atoms with Crippen LogP contribution in [-0.2, 0) is 0 Å². The molecule has 0 N–H and O–H groups in total. The van der Waals surface area contributed by atoms with Gasteiger partial charge in [-0.3, -0.25) is 4.57 Å². The van der Waals surface area contributed by atoms with E-state index in [-0.39, 0.29) is 0 Å². The van der Waals surface area contributed by atoms with Gasteiger partial charge in [-0.05, 0) is 70.3 Å². The van der Waals surface area contributed by atoms with Gasteiger partial charge in [0.25, 0.3) is 0 Å². The van der Waals surface area contributed by atoms with Crippen LogP contribution in [-0.4, -0.2) is 28.7 Å². The molecule has 4 aromatic heterocycles. The van der Waals surface area contributed by atoms with Crippen LogP contribution in [0.25, 0.3) is 139 Å². The Balaban J connectivity index is 1.10. The van der Waals surface area contributed by atoms with Crippen LogP contribution < -0.4 is 0 Å². The second-order valence-corrected chi connectivity index (χ2v) is 19.1. The lowest BCUT2D eigenvalue weighted by Gasteiger charge is -2.17. The quantitative estimate of drug-likeness (QED) is 0.152. The molecule has 15 aromatic rings. The van der Waals surface area contributed by atoms with Gasteiger partial charge in [0.2, 0.25) is 5.95 Å². The molecule has 0 amide bonds. The van der Waals surface area contributed by atoms with Gasteiger partial charge in [-0.25, -0.2) is 4.98 Å². The zero-order valence-corrected chi connectivity index (χ0v) is 40.6. The van der Waals surface area contributed by atoms with E-state index in [1.54, 1.807) is 0 Å². The predicted octanol–water partition coefficient (Wildman–Crippen LogP) is 17.5. The topological polar surface area (TPSA) is 53.5 Å². The molecule has 0 aliphatic carbocycles. The highest BCUT2D eigenvalue weighted by Gasteiger charge is 2.28. The monoisotopic (exact) mass is 956 g/mol. The first-order chi connectivity index (χ1) is 37.2. The van der Waals surface area contributed by atoms with Crippen molar-refractivity contribution in [2.45, 2.75) is 0 Å². The molecule has 0 aliphatic heterocycles. The highest BCUT2D eigenvalue weighted by Crippen LogP contribution is 2.47. The van der Waals surface area contributed by atoms with E-state index in [4.69, 9.17) is 15.0 Å². The van der Waals surface area contributed by atoms with Crippen molar-refractivity contribution < 1.29 is 0 Å². The van der Waals surface area contributed by atoms with Crippen LogP contribution in [0.4, 0.5) is 0 Å². The fourth-order valence-corrected chi connectivity index (χ4v) is 11.6. The van der Waals surface area contributed by atoms with Gasteiger partial charge in [0.05, 0.1) is 44.5 Å². The fourth-order valence-electron chi connectivity index (χ4n) is 11.6. The van der Waals surface area contributed by atoms with E-state index in [9.17, 15) is 0 Å². The van der Waals surface area contributed by atoms with E-state index < -0.39 is 0 Å². The zero-order chi connectivity index (χ0) is 49.4. The molecule has 0 saturated carbocycles. The molecule has 350 valence electrons. The van der Waals surface area contributed by atoms with Gasteiger partial charge in [-0.15, -0.1) is 0 Å². The molecule has 0 spiro atoms. The van der Waals surface area contributed by atoms with Crippen molar-refractivity contribution in [2.75, 3.05) is 0 Å². The SMILES string of the molecule is c1ccc(-c2ccc(-c3nc(-c4cccc(-c5ccccc5)c4)nc(-n4c5ccccc5c5cc(-n6c7ccccc7c7ccccc76)c6c7ccccc7n(-c7ccccc7-c7ccccc7)c6c54)n3)cc2)cc1. The normalized spacial score (nSPS) is 11.7. The van der Waals surface area contributed by atoms with E-state index in [1.165, 1.54) is 10.8 Å². The third-order valence-electron chi connectivity index (χ3n) is 14.9. The largest absolute Gasteiger partial charge is 0.309 e. The van der Waals surface area contributed by atoms with E-state index in [1.807, 2.05) is 6.07 Å². The Kier molecular flexibility index (Phi) is 9.78. The zero-order valence-electron chi connectivity index (χ0n) is 40.6. The van der Waals surface area contributed by atoms with Gasteiger partial charge >= 0.3 is 0 Å². The first-order valence-corrected chi connectivity index (χ1v) is 25.4. The van der Waals surface area contributed by atoms with Crippen LogP contribution in [0.15, 0.2) is 267 Å². The summed E-state index contributed by atoms with van der Waals surface area (Å²) in [6.45, 7) is 0. The summed E-state index contributed by atoms with van der Waals surface area (Å²) in [7, 11) is 0. The summed E-state index contributed by atoms with van der Waals surface area (Å²) in [5.74, 6) is 1.69. The molecule has 11 aromatic carbocycles. The van der Waals surface area contributed by atoms with Crippen LogP contribution in [0.5, 0.6) is 0 Å². The van der Waals surface area contributed by atoms with Crippen molar-refractivity contribution in [3.8, 4) is 73.5 Å². The van der Waals surface area contributed by atoms with Crippen LogP contribution in [0.1, 0.15) is 0 Å². The maximum atomic E-state index is 5.58. The van der Waals surface area contributed by atoms with Crippen LogP contribution in [0, 0.1) is 0 Å². The number of nitrogens with zero attached hydrogens (tertiary/aromatic N) is 6. The lowest BCUT2D eigenvalue weighted by molar-refractivity contribution is 0.953. The molecular weight excluding hydrogens is 913 g/mol. The number of para-hydroxylation sites is 5. The summed E-state index contributed by atoms with van der Waals surface area (Å²) >= 11 is 0. The minimum atomic E-state index is 0.525. The van der Waals surface area contributed by atoms with E-state index in [0.717, 1.165) is 111 Å². The molecule has 0 aliphatic rings. The molecule has 6 nitrogen and oxygen atoms in total. The highest BCUT2D eigenvalue weighted by molar-refractivity contribution is 6.27. The van der Waals surface area contributed by atoms with Crippen LogP contribution >= 0.6 is 0 Å². The van der Waals surface area contributed by atoms with Gasteiger partial charge in [0, 0.05) is 49.0 Å². The van der Waals surface area contributed by atoms with E-state index >= 15 is 0 Å². The maximum Gasteiger partial charge on any atom is 0.238 e. The Morgan fingerprint density at radius 3 is 1.32 bits per heavy atom. The Labute approximate surface area is 432 Å². The number of benzene rings is 11. The van der Waals surface area contributed by atoms with E-state index in [2.05, 4.69) is 275 Å². The minimum Gasteiger partial charge on any atom is -0.309 e. The molecular formula is C69H44N6. The van der Waals surface area contributed by atoms with Crippen molar-refractivity contribution in [2.24, 2.45) is 0 Å². The second kappa shape index (κ2) is 17.3. The lowest BCUT2D eigenvalue weighted by atomic mass is 10.0. The first kappa shape index (κ1) is 42.5. The van der Waals surface area contributed by atoms with Crippen molar-refractivity contribution in [1.82, 2.24) is 28.7 Å². The molecule has 0 unspecified atom stereocenters. The van der Waals surface area contributed by atoms with Crippen molar-refractivity contribution >= 4 is 65.4 Å². The summed E-state index contributed by atoms with van der Waals surface area (Å²) in [4.78, 5) is 16.5. The number of fused-ring (bicyclic) bond motifs is 10. The molecule has 0 atom stereocenters. The van der Waals surface area contributed by atoms with Crippen molar-refractivity contribution in [3.05, 3.63) is 267 Å². The maximum absolute atomic E-state index is 5.58. The summed E-state index contributed by atoms with van der Waals surface area (Å²) in [5, 5.41) is 6.85. The van der Waals surface area contributed by atoms with Gasteiger partial charge in [-0.1, -0.05) is 224 Å². The summed E-state index contributed by atoms with van der Waals surface area (Å²) in [6.07, 6.45) is 0. The van der Waals surface area contributed by atoms with Gasteiger partial charge in [0.15, 0.2) is 11.6 Å². The van der Waals surface area contributed by atoms with Gasteiger partial charge < -0.3 is 9.13 Å². The molecule has 0 saturated heterocycles. The first-order valence-electron chi connectivity index (χ1n) is 25.4. The average molecular weight is 957 g/mol. The summed E-state index contributed by atoms with van der Waals surface area (Å²) in [6, 6.07) is 95.2. The Hall–Kier alpha value is -10.2. The molecule has 0 radical (unpaired) electrons. The van der Waals surface area contributed by atoms with Gasteiger partial charge in [-0.2, -0.15) is 9.97 Å². The average Bonchev–Trinajstić information content (AvgIpc) is 4.29. The second-order valence-electron chi connectivity index (χ2n) is 19.1.